The van der Waals surface area contributed by atoms with E-state index in [-0.39, 0.29) is 5.91 Å². The lowest BCUT2D eigenvalue weighted by molar-refractivity contribution is -0.134. The van der Waals surface area contributed by atoms with Gasteiger partial charge in [-0.15, -0.1) is 0 Å². The van der Waals surface area contributed by atoms with E-state index in [1.165, 1.54) is 0 Å². The standard InChI is InChI=1S/C12H25N3O2/c1-12(2,17)10-14(4)9-11(16)15-7-5-13(3)6-8-15/h17H,5-10H2,1-4H3. The van der Waals surface area contributed by atoms with Crippen molar-refractivity contribution in [3.63, 3.8) is 0 Å². The lowest BCUT2D eigenvalue weighted by Crippen LogP contribution is -2.50. The summed E-state index contributed by atoms with van der Waals surface area (Å²) in [5.74, 6) is 0.157. The Kier molecular flexibility index (Phi) is 4.91. The summed E-state index contributed by atoms with van der Waals surface area (Å²) < 4.78 is 0. The van der Waals surface area contributed by atoms with Crippen molar-refractivity contribution in [1.29, 1.82) is 0 Å². The zero-order valence-corrected chi connectivity index (χ0v) is 11.4. The molecule has 0 aliphatic carbocycles. The number of hydrogen-bond donors (Lipinski definition) is 1. The molecule has 1 rings (SSSR count). The molecule has 0 spiro atoms. The number of aliphatic hydroxyl groups is 1. The normalized spacial score (nSPS) is 18.8. The fourth-order valence-corrected chi connectivity index (χ4v) is 2.10. The predicted molar refractivity (Wildman–Crippen MR) is 67.9 cm³/mol. The fraction of sp³-hybridized carbons (Fsp3) is 0.917. The van der Waals surface area contributed by atoms with E-state index in [0.29, 0.717) is 13.1 Å². The Morgan fingerprint density at radius 3 is 2.29 bits per heavy atom. The van der Waals surface area contributed by atoms with Crippen LogP contribution in [0.1, 0.15) is 13.8 Å². The number of carbonyl (C=O) groups excluding carboxylic acids is 1. The first-order valence-electron chi connectivity index (χ1n) is 6.15. The molecule has 0 aromatic heterocycles. The van der Waals surface area contributed by atoms with Crippen molar-refractivity contribution in [2.45, 2.75) is 19.4 Å². The van der Waals surface area contributed by atoms with E-state index in [2.05, 4.69) is 11.9 Å². The van der Waals surface area contributed by atoms with E-state index in [9.17, 15) is 9.90 Å². The smallest absolute Gasteiger partial charge is 0.236 e. The van der Waals surface area contributed by atoms with Gasteiger partial charge in [-0.05, 0) is 27.9 Å². The van der Waals surface area contributed by atoms with Gasteiger partial charge in [0, 0.05) is 32.7 Å². The number of hydrogen-bond acceptors (Lipinski definition) is 4. The molecule has 0 radical (unpaired) electrons. The average Bonchev–Trinajstić information content (AvgIpc) is 2.15. The number of piperazine rings is 1. The highest BCUT2D eigenvalue weighted by Gasteiger charge is 2.22. The number of amides is 1. The SMILES string of the molecule is CN1CCN(C(=O)CN(C)CC(C)(C)O)CC1. The number of rotatable bonds is 4. The van der Waals surface area contributed by atoms with Crippen LogP contribution in [0.4, 0.5) is 0 Å². The van der Waals surface area contributed by atoms with Crippen LogP contribution >= 0.6 is 0 Å². The second kappa shape index (κ2) is 5.80. The molecule has 1 aliphatic heterocycles. The molecule has 1 N–H and O–H groups in total. The molecule has 0 unspecified atom stereocenters. The summed E-state index contributed by atoms with van der Waals surface area (Å²) in [5.41, 5.74) is -0.753. The summed E-state index contributed by atoms with van der Waals surface area (Å²) in [7, 11) is 3.94. The molecule has 1 heterocycles. The van der Waals surface area contributed by atoms with Crippen molar-refractivity contribution >= 4 is 5.91 Å². The van der Waals surface area contributed by atoms with Crippen molar-refractivity contribution in [3.05, 3.63) is 0 Å². The predicted octanol–water partition coefficient (Wildman–Crippen LogP) is -0.537. The van der Waals surface area contributed by atoms with E-state index in [0.717, 1.165) is 26.2 Å². The van der Waals surface area contributed by atoms with Gasteiger partial charge in [0.2, 0.25) is 5.91 Å². The Morgan fingerprint density at radius 2 is 1.82 bits per heavy atom. The van der Waals surface area contributed by atoms with Gasteiger partial charge in [0.1, 0.15) is 0 Å². The van der Waals surface area contributed by atoms with Crippen LogP contribution in [0, 0.1) is 0 Å². The molecule has 5 nitrogen and oxygen atoms in total. The summed E-state index contributed by atoms with van der Waals surface area (Å²) in [6, 6.07) is 0. The van der Waals surface area contributed by atoms with Gasteiger partial charge in [-0.1, -0.05) is 0 Å². The average molecular weight is 243 g/mol. The Labute approximate surface area is 104 Å². The van der Waals surface area contributed by atoms with Crippen LogP contribution in [0.15, 0.2) is 0 Å². The van der Waals surface area contributed by atoms with Crippen LogP contribution in [0.5, 0.6) is 0 Å². The van der Waals surface area contributed by atoms with E-state index >= 15 is 0 Å². The highest BCUT2D eigenvalue weighted by atomic mass is 16.3. The summed E-state index contributed by atoms with van der Waals surface area (Å²) in [4.78, 5) is 18.0. The molecule has 0 atom stereocenters. The highest BCUT2D eigenvalue weighted by Crippen LogP contribution is 2.05. The first kappa shape index (κ1) is 14.4. The van der Waals surface area contributed by atoms with Crippen LogP contribution in [0.25, 0.3) is 0 Å². The van der Waals surface area contributed by atoms with Crippen LogP contribution < -0.4 is 0 Å². The molecule has 17 heavy (non-hydrogen) atoms. The second-order valence-corrected chi connectivity index (χ2v) is 5.67. The van der Waals surface area contributed by atoms with E-state index in [1.807, 2.05) is 16.8 Å². The van der Waals surface area contributed by atoms with Crippen molar-refractivity contribution in [3.8, 4) is 0 Å². The van der Waals surface area contributed by atoms with Crippen LogP contribution in [-0.4, -0.2) is 84.7 Å². The Hall–Kier alpha value is -0.650. The van der Waals surface area contributed by atoms with Crippen molar-refractivity contribution in [2.24, 2.45) is 0 Å². The molecule has 1 aliphatic rings. The third-order valence-corrected chi connectivity index (χ3v) is 2.92. The molecule has 5 heteroatoms. The van der Waals surface area contributed by atoms with E-state index in [1.54, 1.807) is 13.8 Å². The zero-order chi connectivity index (χ0) is 13.1. The molecular formula is C12H25N3O2. The quantitative estimate of drug-likeness (QED) is 0.720. The van der Waals surface area contributed by atoms with Gasteiger partial charge in [0.25, 0.3) is 0 Å². The Morgan fingerprint density at radius 1 is 1.29 bits per heavy atom. The topological polar surface area (TPSA) is 47.0 Å². The summed E-state index contributed by atoms with van der Waals surface area (Å²) in [5, 5.41) is 9.67. The lowest BCUT2D eigenvalue weighted by Gasteiger charge is -2.34. The zero-order valence-electron chi connectivity index (χ0n) is 11.4. The van der Waals surface area contributed by atoms with Crippen LogP contribution in [-0.2, 0) is 4.79 Å². The largest absolute Gasteiger partial charge is 0.389 e. The second-order valence-electron chi connectivity index (χ2n) is 5.67. The van der Waals surface area contributed by atoms with Gasteiger partial charge in [0.05, 0.1) is 12.1 Å². The maximum atomic E-state index is 12.0. The minimum Gasteiger partial charge on any atom is -0.389 e. The molecular weight excluding hydrogens is 218 g/mol. The minimum atomic E-state index is -0.753. The van der Waals surface area contributed by atoms with E-state index in [4.69, 9.17) is 0 Å². The number of likely N-dealkylation sites (N-methyl/N-ethyl adjacent to an activating group) is 2. The van der Waals surface area contributed by atoms with Gasteiger partial charge in [-0.2, -0.15) is 0 Å². The van der Waals surface area contributed by atoms with Gasteiger partial charge in [-0.25, -0.2) is 0 Å². The maximum absolute atomic E-state index is 12.0. The molecule has 0 aromatic rings. The monoisotopic (exact) mass is 243 g/mol. The molecule has 100 valence electrons. The van der Waals surface area contributed by atoms with Gasteiger partial charge in [0.15, 0.2) is 0 Å². The van der Waals surface area contributed by atoms with Crippen molar-refractivity contribution in [2.75, 3.05) is 53.4 Å². The summed E-state index contributed by atoms with van der Waals surface area (Å²) in [6.07, 6.45) is 0. The van der Waals surface area contributed by atoms with Crippen LogP contribution in [0.2, 0.25) is 0 Å². The minimum absolute atomic E-state index is 0.157. The first-order valence-corrected chi connectivity index (χ1v) is 6.15. The maximum Gasteiger partial charge on any atom is 0.236 e. The number of nitrogens with zero attached hydrogens (tertiary/aromatic N) is 3. The van der Waals surface area contributed by atoms with Crippen molar-refractivity contribution < 1.29 is 9.90 Å². The van der Waals surface area contributed by atoms with Crippen LogP contribution in [0.3, 0.4) is 0 Å². The van der Waals surface area contributed by atoms with Gasteiger partial charge < -0.3 is 14.9 Å². The molecule has 1 amide bonds. The Balaban J connectivity index is 2.33. The molecule has 0 aromatic carbocycles. The van der Waals surface area contributed by atoms with Crippen molar-refractivity contribution in [1.82, 2.24) is 14.7 Å². The molecule has 0 bridgehead atoms. The van der Waals surface area contributed by atoms with Gasteiger partial charge >= 0.3 is 0 Å². The summed E-state index contributed by atoms with van der Waals surface area (Å²) in [6.45, 7) is 7.91. The highest BCUT2D eigenvalue weighted by molar-refractivity contribution is 5.78. The Bertz CT molecular complexity index is 255. The number of carbonyl (C=O) groups is 1. The fourth-order valence-electron chi connectivity index (χ4n) is 2.10. The molecule has 1 saturated heterocycles. The summed E-state index contributed by atoms with van der Waals surface area (Å²) >= 11 is 0. The van der Waals surface area contributed by atoms with E-state index < -0.39 is 5.60 Å². The molecule has 0 saturated carbocycles. The lowest BCUT2D eigenvalue weighted by atomic mass is 10.1. The first-order chi connectivity index (χ1) is 7.78. The van der Waals surface area contributed by atoms with Gasteiger partial charge in [-0.3, -0.25) is 9.69 Å². The molecule has 1 fully saturated rings. The third-order valence-electron chi connectivity index (χ3n) is 2.92. The third kappa shape index (κ3) is 5.48.